The summed E-state index contributed by atoms with van der Waals surface area (Å²) >= 11 is 0. The van der Waals surface area contributed by atoms with E-state index < -0.39 is 0 Å². The second kappa shape index (κ2) is 30.3. The van der Waals surface area contributed by atoms with E-state index in [2.05, 4.69) is 257 Å². The average molecular weight is 1230 g/mol. The number of fused-ring (bicyclic) bond motifs is 3. The summed E-state index contributed by atoms with van der Waals surface area (Å²) < 4.78 is 0. The normalized spacial score (nSPS) is 24.3. The van der Waals surface area contributed by atoms with E-state index in [0.29, 0.717) is 23.2 Å². The van der Waals surface area contributed by atoms with Gasteiger partial charge in [0.2, 0.25) is 0 Å². The lowest BCUT2D eigenvalue weighted by atomic mass is 9.76. The molecule has 478 valence electrons. The molecule has 0 amide bonds. The quantitative estimate of drug-likeness (QED) is 0.0931. The summed E-state index contributed by atoms with van der Waals surface area (Å²) in [5.74, 6) is 3.98. The Morgan fingerprint density at radius 3 is 1.26 bits per heavy atom. The summed E-state index contributed by atoms with van der Waals surface area (Å²) in [5.41, 5.74) is 29.7. The summed E-state index contributed by atoms with van der Waals surface area (Å²) in [4.78, 5) is 0. The van der Waals surface area contributed by atoms with E-state index in [4.69, 9.17) is 0 Å². The van der Waals surface area contributed by atoms with Gasteiger partial charge in [-0.1, -0.05) is 300 Å². The van der Waals surface area contributed by atoms with Crippen molar-refractivity contribution in [1.29, 1.82) is 0 Å². The van der Waals surface area contributed by atoms with E-state index in [1.54, 1.807) is 11.1 Å². The molecule has 0 spiro atoms. The number of aryl methyl sites for hydroxylation is 2. The third-order valence-corrected chi connectivity index (χ3v) is 23.1. The van der Waals surface area contributed by atoms with Crippen molar-refractivity contribution in [2.45, 2.75) is 186 Å². The van der Waals surface area contributed by atoms with Crippen LogP contribution in [0.4, 0.5) is 0 Å². The number of rotatable bonds is 18. The molecular weight excluding hydrogens is 1130 g/mol. The second-order valence-electron chi connectivity index (χ2n) is 29.6. The van der Waals surface area contributed by atoms with Crippen LogP contribution in [0.1, 0.15) is 186 Å². The zero-order chi connectivity index (χ0) is 63.5. The summed E-state index contributed by atoms with van der Waals surface area (Å²) in [5, 5.41) is 0. The maximum atomic E-state index is 2.42. The van der Waals surface area contributed by atoms with Gasteiger partial charge in [-0.2, -0.15) is 0 Å². The average Bonchev–Trinajstić information content (AvgIpc) is 1.62. The minimum absolute atomic E-state index is 0.421. The SMILES string of the molecule is C1=CC2C(C3=CCCC=C3)=CC=C(Cc3ccc(CC4CCCCC4)cc3)C2=C1.CCCC1CCC(c2ccc(CC3=CC=C(C4=CCCC=C4)C4C=CC=C34)cc2)CC1.Cc1ccc(C2(CCc3ccc(CC4=CC=C(C5=CCCC=C5)C5C=CC=C45)cc3)CC2)cc1. The van der Waals surface area contributed by atoms with Gasteiger partial charge in [0.05, 0.1) is 0 Å². The Morgan fingerprint density at radius 2 is 0.830 bits per heavy atom. The zero-order valence-electron chi connectivity index (χ0n) is 56.7. The Kier molecular flexibility index (Phi) is 20.5. The first-order valence-electron chi connectivity index (χ1n) is 37.2. The first kappa shape index (κ1) is 63.6. The minimum atomic E-state index is 0.421. The molecule has 0 aliphatic heterocycles. The van der Waals surface area contributed by atoms with Crippen LogP contribution in [-0.2, 0) is 37.5 Å². The van der Waals surface area contributed by atoms with Gasteiger partial charge in [-0.25, -0.2) is 0 Å². The van der Waals surface area contributed by atoms with Crippen LogP contribution >= 0.6 is 0 Å². The highest BCUT2D eigenvalue weighted by Crippen LogP contribution is 2.52. The van der Waals surface area contributed by atoms with Crippen LogP contribution in [0, 0.1) is 36.5 Å². The van der Waals surface area contributed by atoms with Crippen LogP contribution in [0.15, 0.2) is 310 Å². The van der Waals surface area contributed by atoms with Crippen LogP contribution < -0.4 is 0 Å². The van der Waals surface area contributed by atoms with Crippen LogP contribution in [0.25, 0.3) is 0 Å². The molecule has 4 aromatic carbocycles. The van der Waals surface area contributed by atoms with Crippen LogP contribution in [0.2, 0.25) is 0 Å². The van der Waals surface area contributed by atoms with Crippen LogP contribution in [0.3, 0.4) is 0 Å². The van der Waals surface area contributed by atoms with Gasteiger partial charge in [0.25, 0.3) is 0 Å². The van der Waals surface area contributed by atoms with Gasteiger partial charge < -0.3 is 0 Å². The molecule has 0 nitrogen and oxygen atoms in total. The lowest BCUT2D eigenvalue weighted by molar-refractivity contribution is 0.308. The largest absolute Gasteiger partial charge is 0.0836 e. The Balaban J connectivity index is 0.000000122. The standard InChI is InChI=1S/C34H34.C31H36.C29H32/c1-25-10-17-30(18-11-25)34(22-23-34)21-20-26-12-14-27(15-13-26)24-29-16-19-32(28-6-3-2-4-7-28)33-9-5-8-31(29)33;1-2-7-23-12-16-25(17-13-23)26-18-14-24(15-19-26)22-28-20-21-30(27-8-4-3-5-9-27)31-11-6-10-29(28)31;1-3-8-22(9-4-1)20-23-14-16-24(17-15-23)21-26-18-19-28(25-10-5-2-6-11-25)29-13-7-12-27(26)29/h3,5-19,33H,2,4,20-24H2,1H3;4,6,8-11,14-15,18-21,23,25,31H,2-3,5,7,12-13,16-17,22H2,1H3;5,7,10-19,22,29H,1-4,6,8-9,20-21H2. The van der Waals surface area contributed by atoms with Gasteiger partial charge in [0.1, 0.15) is 0 Å². The molecule has 12 aliphatic carbocycles. The fourth-order valence-electron chi connectivity index (χ4n) is 17.4. The number of allylic oxidation sites excluding steroid dienone is 36. The van der Waals surface area contributed by atoms with Gasteiger partial charge in [0.15, 0.2) is 0 Å². The molecule has 0 radical (unpaired) electrons. The number of hydrogen-bond donors (Lipinski definition) is 0. The van der Waals surface area contributed by atoms with Crippen LogP contribution in [-0.4, -0.2) is 0 Å². The highest BCUT2D eigenvalue weighted by Gasteiger charge is 2.43. The van der Waals surface area contributed by atoms with E-state index in [9.17, 15) is 0 Å². The fraction of sp³-hybridized carbons (Fsp3) is 0.362. The molecule has 3 saturated carbocycles. The molecule has 0 aromatic heterocycles. The molecular formula is C94H102. The first-order valence-corrected chi connectivity index (χ1v) is 37.2. The van der Waals surface area contributed by atoms with E-state index in [1.807, 2.05) is 0 Å². The van der Waals surface area contributed by atoms with E-state index in [-0.39, 0.29) is 0 Å². The van der Waals surface area contributed by atoms with Crippen molar-refractivity contribution in [2.75, 3.05) is 0 Å². The Morgan fingerprint density at radius 1 is 0.394 bits per heavy atom. The molecule has 12 aliphatic rings. The van der Waals surface area contributed by atoms with Gasteiger partial charge >= 0.3 is 0 Å². The molecule has 0 heteroatoms. The highest BCUT2D eigenvalue weighted by molar-refractivity contribution is 5.63. The van der Waals surface area contributed by atoms with Crippen molar-refractivity contribution in [1.82, 2.24) is 0 Å². The fourth-order valence-corrected chi connectivity index (χ4v) is 17.4. The summed E-state index contributed by atoms with van der Waals surface area (Å²) in [7, 11) is 0. The monoisotopic (exact) mass is 1230 g/mol. The maximum absolute atomic E-state index is 2.42. The van der Waals surface area contributed by atoms with Gasteiger partial charge in [-0.15, -0.1) is 0 Å². The summed E-state index contributed by atoms with van der Waals surface area (Å²) in [6.07, 6.45) is 88.1. The van der Waals surface area contributed by atoms with Crippen molar-refractivity contribution in [3.63, 3.8) is 0 Å². The molecule has 94 heavy (non-hydrogen) atoms. The molecule has 3 fully saturated rings. The molecule has 3 unspecified atom stereocenters. The topological polar surface area (TPSA) is 0 Å². The van der Waals surface area contributed by atoms with E-state index in [1.165, 1.54) is 235 Å². The number of benzene rings is 4. The molecule has 16 rings (SSSR count). The van der Waals surface area contributed by atoms with Crippen molar-refractivity contribution in [3.05, 3.63) is 354 Å². The molecule has 0 bridgehead atoms. The third-order valence-electron chi connectivity index (χ3n) is 23.1. The third kappa shape index (κ3) is 15.3. The zero-order valence-corrected chi connectivity index (χ0v) is 56.7. The minimum Gasteiger partial charge on any atom is -0.0836 e. The molecule has 3 atom stereocenters. The van der Waals surface area contributed by atoms with Crippen molar-refractivity contribution < 1.29 is 0 Å². The molecule has 4 aromatic rings. The Labute approximate surface area is 566 Å². The molecule has 0 saturated heterocycles. The van der Waals surface area contributed by atoms with Crippen molar-refractivity contribution in [2.24, 2.45) is 29.6 Å². The van der Waals surface area contributed by atoms with E-state index >= 15 is 0 Å². The molecule has 0 N–H and O–H groups in total. The number of hydrogen-bond acceptors (Lipinski definition) is 0. The van der Waals surface area contributed by atoms with E-state index in [0.717, 1.165) is 43.4 Å². The Hall–Kier alpha value is -7.80. The Bertz CT molecular complexity index is 3960. The van der Waals surface area contributed by atoms with Gasteiger partial charge in [-0.3, -0.25) is 0 Å². The maximum Gasteiger partial charge on any atom is 0.0281 e. The second-order valence-corrected chi connectivity index (χ2v) is 29.6. The first-order chi connectivity index (χ1) is 46.4. The lowest BCUT2D eigenvalue weighted by Gasteiger charge is -2.29. The van der Waals surface area contributed by atoms with Crippen LogP contribution in [0.5, 0.6) is 0 Å². The molecule has 0 heterocycles. The predicted octanol–water partition coefficient (Wildman–Crippen LogP) is 24.6. The summed E-state index contributed by atoms with van der Waals surface area (Å²) in [6, 6.07) is 37.8. The van der Waals surface area contributed by atoms with Crippen molar-refractivity contribution >= 4 is 0 Å². The summed E-state index contributed by atoms with van der Waals surface area (Å²) in [6.45, 7) is 4.50. The highest BCUT2D eigenvalue weighted by atomic mass is 14.5. The predicted molar refractivity (Wildman–Crippen MR) is 401 cm³/mol. The van der Waals surface area contributed by atoms with Crippen molar-refractivity contribution in [3.8, 4) is 0 Å². The van der Waals surface area contributed by atoms with Gasteiger partial charge in [0, 0.05) is 17.8 Å². The smallest absolute Gasteiger partial charge is 0.0281 e. The van der Waals surface area contributed by atoms with Gasteiger partial charge in [-0.05, 0) is 251 Å². The lowest BCUT2D eigenvalue weighted by Crippen LogP contribution is -2.13.